The van der Waals surface area contributed by atoms with Crippen molar-refractivity contribution in [3.05, 3.63) is 29.3 Å². The Morgan fingerprint density at radius 3 is 2.05 bits per heavy atom. The van der Waals surface area contributed by atoms with Gasteiger partial charge in [-0.05, 0) is 84.2 Å². The van der Waals surface area contributed by atoms with Crippen LogP contribution in [-0.4, -0.2) is 56.2 Å². The van der Waals surface area contributed by atoms with Gasteiger partial charge in [-0.25, -0.2) is 0 Å². The van der Waals surface area contributed by atoms with Gasteiger partial charge >= 0.3 is 0 Å². The van der Waals surface area contributed by atoms with Crippen molar-refractivity contribution in [2.45, 2.75) is 25.7 Å². The number of aryl methyl sites for hydroxylation is 2. The Labute approximate surface area is 117 Å². The van der Waals surface area contributed by atoms with E-state index in [-0.39, 0.29) is 0 Å². The van der Waals surface area contributed by atoms with Gasteiger partial charge in [-0.3, -0.25) is 0 Å². The molecule has 0 unspecified atom stereocenters. The van der Waals surface area contributed by atoms with Gasteiger partial charge in [0.25, 0.3) is 0 Å². The number of benzene rings is 1. The molecule has 0 bridgehead atoms. The maximum Gasteiger partial charge on any atom is 0.118 e. The summed E-state index contributed by atoms with van der Waals surface area (Å²) in [5.74, 6) is 0.440. The number of aromatic hydroxyl groups is 1. The molecule has 0 heterocycles. The molecule has 19 heavy (non-hydrogen) atoms. The molecule has 0 aliphatic rings. The molecule has 1 aromatic carbocycles. The maximum atomic E-state index is 9.89. The van der Waals surface area contributed by atoms with Crippen LogP contribution in [0.15, 0.2) is 18.2 Å². The molecule has 0 spiro atoms. The lowest BCUT2D eigenvalue weighted by Crippen LogP contribution is -2.14. The third-order valence-electron chi connectivity index (χ3n) is 3.27. The molecule has 3 heteroatoms. The molecule has 1 rings (SSSR count). The fourth-order valence-electron chi connectivity index (χ4n) is 2.18. The van der Waals surface area contributed by atoms with Crippen LogP contribution in [-0.2, 0) is 12.8 Å². The lowest BCUT2D eigenvalue weighted by Gasteiger charge is -2.12. The van der Waals surface area contributed by atoms with Gasteiger partial charge in [0.15, 0.2) is 0 Å². The van der Waals surface area contributed by atoms with Gasteiger partial charge in [0.1, 0.15) is 5.75 Å². The van der Waals surface area contributed by atoms with E-state index in [0.29, 0.717) is 5.75 Å². The van der Waals surface area contributed by atoms with E-state index in [1.807, 2.05) is 12.1 Å². The molecular weight excluding hydrogens is 236 g/mol. The number of phenolic OH excluding ortho intramolecular Hbond substituents is 1. The highest BCUT2D eigenvalue weighted by atomic mass is 16.3. The lowest BCUT2D eigenvalue weighted by molar-refractivity contribution is 0.397. The van der Waals surface area contributed by atoms with Gasteiger partial charge < -0.3 is 14.9 Å². The fraction of sp³-hybridized carbons (Fsp3) is 0.625. The molecular formula is C16H28N2O. The summed E-state index contributed by atoms with van der Waals surface area (Å²) in [7, 11) is 8.36. The molecule has 0 aliphatic carbocycles. The molecule has 3 nitrogen and oxygen atoms in total. The van der Waals surface area contributed by atoms with Crippen molar-refractivity contribution in [2.75, 3.05) is 41.3 Å². The van der Waals surface area contributed by atoms with Gasteiger partial charge in [-0.2, -0.15) is 0 Å². The smallest absolute Gasteiger partial charge is 0.118 e. The Morgan fingerprint density at radius 1 is 0.895 bits per heavy atom. The van der Waals surface area contributed by atoms with Crippen molar-refractivity contribution in [3.63, 3.8) is 0 Å². The zero-order valence-corrected chi connectivity index (χ0v) is 12.8. The number of hydrogen-bond donors (Lipinski definition) is 1. The summed E-state index contributed by atoms with van der Waals surface area (Å²) in [5, 5.41) is 9.89. The largest absolute Gasteiger partial charge is 0.508 e. The first kappa shape index (κ1) is 16.0. The van der Waals surface area contributed by atoms with Gasteiger partial charge in [0.05, 0.1) is 0 Å². The summed E-state index contributed by atoms with van der Waals surface area (Å²) in [4.78, 5) is 4.39. The second kappa shape index (κ2) is 8.18. The summed E-state index contributed by atoms with van der Waals surface area (Å²) >= 11 is 0. The summed E-state index contributed by atoms with van der Waals surface area (Å²) in [6.07, 6.45) is 4.28. The first-order chi connectivity index (χ1) is 8.99. The molecule has 0 fully saturated rings. The van der Waals surface area contributed by atoms with Crippen molar-refractivity contribution in [3.8, 4) is 5.75 Å². The maximum absolute atomic E-state index is 9.89. The molecule has 0 saturated heterocycles. The van der Waals surface area contributed by atoms with Gasteiger partial charge in [0.2, 0.25) is 0 Å². The number of hydrogen-bond acceptors (Lipinski definition) is 3. The Kier molecular flexibility index (Phi) is 6.89. The minimum Gasteiger partial charge on any atom is -0.508 e. The summed E-state index contributed by atoms with van der Waals surface area (Å²) in [5.41, 5.74) is 2.42. The van der Waals surface area contributed by atoms with E-state index in [1.54, 1.807) is 0 Å². The molecule has 0 amide bonds. The SMILES string of the molecule is CN(C)CCCc1ccc(O)c(CCCN(C)C)c1. The highest BCUT2D eigenvalue weighted by molar-refractivity contribution is 5.36. The normalized spacial score (nSPS) is 11.5. The number of rotatable bonds is 8. The monoisotopic (exact) mass is 264 g/mol. The van der Waals surface area contributed by atoms with Crippen LogP contribution in [0.3, 0.4) is 0 Å². The first-order valence-corrected chi connectivity index (χ1v) is 7.09. The molecule has 0 atom stereocenters. The molecule has 1 aromatic rings. The van der Waals surface area contributed by atoms with Gasteiger partial charge in [0, 0.05) is 0 Å². The molecule has 108 valence electrons. The van der Waals surface area contributed by atoms with Crippen LogP contribution in [0.25, 0.3) is 0 Å². The summed E-state index contributed by atoms with van der Waals surface area (Å²) < 4.78 is 0. The van der Waals surface area contributed by atoms with E-state index in [4.69, 9.17) is 0 Å². The van der Waals surface area contributed by atoms with E-state index in [1.165, 1.54) is 5.56 Å². The van der Waals surface area contributed by atoms with Crippen LogP contribution >= 0.6 is 0 Å². The van der Waals surface area contributed by atoms with Crippen molar-refractivity contribution in [1.29, 1.82) is 0 Å². The van der Waals surface area contributed by atoms with Crippen molar-refractivity contribution >= 4 is 0 Å². The standard InChI is InChI=1S/C16H28N2O/c1-17(2)11-5-7-14-9-10-16(19)15(13-14)8-6-12-18(3)4/h9-10,13,19H,5-8,11-12H2,1-4H3. The zero-order valence-electron chi connectivity index (χ0n) is 12.8. The minimum absolute atomic E-state index is 0.440. The summed E-state index contributed by atoms with van der Waals surface area (Å²) in [6.45, 7) is 2.17. The van der Waals surface area contributed by atoms with Crippen LogP contribution in [0.1, 0.15) is 24.0 Å². The Balaban J connectivity index is 2.51. The average molecular weight is 264 g/mol. The van der Waals surface area contributed by atoms with Crippen molar-refractivity contribution in [2.24, 2.45) is 0 Å². The van der Waals surface area contributed by atoms with Crippen LogP contribution < -0.4 is 0 Å². The second-order valence-electron chi connectivity index (χ2n) is 5.78. The van der Waals surface area contributed by atoms with Crippen LogP contribution in [0, 0.1) is 0 Å². The lowest BCUT2D eigenvalue weighted by atomic mass is 10.0. The van der Waals surface area contributed by atoms with E-state index in [9.17, 15) is 5.11 Å². The second-order valence-corrected chi connectivity index (χ2v) is 5.78. The van der Waals surface area contributed by atoms with E-state index < -0.39 is 0 Å². The van der Waals surface area contributed by atoms with Crippen molar-refractivity contribution in [1.82, 2.24) is 9.80 Å². The topological polar surface area (TPSA) is 26.7 Å². The zero-order chi connectivity index (χ0) is 14.3. The first-order valence-electron chi connectivity index (χ1n) is 7.09. The molecule has 0 saturated carbocycles. The van der Waals surface area contributed by atoms with Gasteiger partial charge in [-0.1, -0.05) is 12.1 Å². The van der Waals surface area contributed by atoms with E-state index in [0.717, 1.165) is 44.3 Å². The number of nitrogens with zero attached hydrogens (tertiary/aromatic N) is 2. The predicted molar refractivity (Wildman–Crippen MR) is 81.9 cm³/mol. The quantitative estimate of drug-likeness (QED) is 0.781. The predicted octanol–water partition coefficient (Wildman–Crippen LogP) is 2.38. The minimum atomic E-state index is 0.440. The van der Waals surface area contributed by atoms with Gasteiger partial charge in [-0.15, -0.1) is 0 Å². The molecule has 0 aromatic heterocycles. The molecule has 1 N–H and O–H groups in total. The Hall–Kier alpha value is -1.06. The van der Waals surface area contributed by atoms with Crippen LogP contribution in [0.5, 0.6) is 5.75 Å². The highest BCUT2D eigenvalue weighted by Crippen LogP contribution is 2.21. The third kappa shape index (κ3) is 6.60. The average Bonchev–Trinajstić information content (AvgIpc) is 2.32. The van der Waals surface area contributed by atoms with E-state index in [2.05, 4.69) is 44.1 Å². The van der Waals surface area contributed by atoms with Crippen LogP contribution in [0.2, 0.25) is 0 Å². The third-order valence-corrected chi connectivity index (χ3v) is 3.27. The molecule has 0 aliphatic heterocycles. The van der Waals surface area contributed by atoms with Crippen LogP contribution in [0.4, 0.5) is 0 Å². The number of phenols is 1. The fourth-order valence-corrected chi connectivity index (χ4v) is 2.18. The van der Waals surface area contributed by atoms with Crippen molar-refractivity contribution < 1.29 is 5.11 Å². The summed E-state index contributed by atoms with van der Waals surface area (Å²) in [6, 6.07) is 6.05. The Morgan fingerprint density at radius 2 is 1.47 bits per heavy atom. The Bertz CT molecular complexity index is 375. The highest BCUT2D eigenvalue weighted by Gasteiger charge is 2.04. The molecule has 0 radical (unpaired) electrons. The van der Waals surface area contributed by atoms with E-state index >= 15 is 0 Å².